The number of carbonyl (C=O) groups excluding carboxylic acids is 3. The van der Waals surface area contributed by atoms with Crippen molar-refractivity contribution in [3.8, 4) is 0 Å². The molecule has 11 heteroatoms. The van der Waals surface area contributed by atoms with Crippen molar-refractivity contribution in [1.29, 1.82) is 0 Å². The highest BCUT2D eigenvalue weighted by atomic mass is 35.5. The second-order valence-electron chi connectivity index (χ2n) is 11.0. The number of nitrogens with zero attached hydrogens (tertiary/aromatic N) is 3. The zero-order valence-corrected chi connectivity index (χ0v) is 24.0. The summed E-state index contributed by atoms with van der Waals surface area (Å²) in [6.07, 6.45) is 0. The van der Waals surface area contributed by atoms with Gasteiger partial charge in [-0.15, -0.1) is 0 Å². The first-order valence-corrected chi connectivity index (χ1v) is 12.9. The topological polar surface area (TPSA) is 101 Å². The van der Waals surface area contributed by atoms with Gasteiger partial charge in [-0.3, -0.25) is 9.59 Å². The third kappa shape index (κ3) is 6.40. The molecule has 9 nitrogen and oxygen atoms in total. The molecule has 0 unspecified atom stereocenters. The van der Waals surface area contributed by atoms with E-state index in [0.29, 0.717) is 36.0 Å². The van der Waals surface area contributed by atoms with Gasteiger partial charge in [0.15, 0.2) is 0 Å². The Hall–Kier alpha value is -2.75. The molecule has 0 bridgehead atoms. The van der Waals surface area contributed by atoms with Crippen molar-refractivity contribution < 1.29 is 14.4 Å². The lowest BCUT2D eigenvalue weighted by molar-refractivity contribution is -0.146. The van der Waals surface area contributed by atoms with Gasteiger partial charge >= 0.3 is 6.03 Å². The highest BCUT2D eigenvalue weighted by Gasteiger charge is 2.45. The van der Waals surface area contributed by atoms with Crippen molar-refractivity contribution in [3.63, 3.8) is 0 Å². The van der Waals surface area contributed by atoms with E-state index < -0.39 is 11.6 Å². The zero-order chi connectivity index (χ0) is 27.7. The standard InChI is InChI=1S/C26H36Cl2N6O3/c1-25(2,3)19-15-18(30-24(37)29-17-10-8-9-16(27)20(17)28)21(31-19)22(35)34-14-13-33(12-11-32(6)7)23(36)26(34,4)5/h8-10,15,31H,11-14H2,1-7H3,(H2,29,30,37). The van der Waals surface area contributed by atoms with Crippen molar-refractivity contribution in [2.75, 3.05) is 50.9 Å². The third-order valence-electron chi connectivity index (χ3n) is 6.43. The Balaban J connectivity index is 1.88. The minimum Gasteiger partial charge on any atom is -0.352 e. The number of rotatable bonds is 6. The number of aromatic amines is 1. The van der Waals surface area contributed by atoms with E-state index in [9.17, 15) is 14.4 Å². The number of H-pyrrole nitrogens is 1. The number of nitrogens with one attached hydrogen (secondary N) is 3. The number of aromatic nitrogens is 1. The Morgan fingerprint density at radius 1 is 1.11 bits per heavy atom. The Morgan fingerprint density at radius 2 is 1.76 bits per heavy atom. The molecule has 0 spiro atoms. The first kappa shape index (κ1) is 28.8. The molecule has 0 atom stereocenters. The number of anilines is 2. The van der Waals surface area contributed by atoms with E-state index in [-0.39, 0.29) is 27.9 Å². The molecule has 1 aliphatic heterocycles. The molecule has 1 saturated heterocycles. The van der Waals surface area contributed by atoms with Gasteiger partial charge in [-0.05, 0) is 46.1 Å². The summed E-state index contributed by atoms with van der Waals surface area (Å²) in [5.41, 5.74) is 0.247. The molecule has 2 aromatic rings. The second-order valence-corrected chi connectivity index (χ2v) is 11.8. The number of hydrogen-bond donors (Lipinski definition) is 3. The normalized spacial score (nSPS) is 15.8. The van der Waals surface area contributed by atoms with Crippen molar-refractivity contribution >= 4 is 52.4 Å². The maximum Gasteiger partial charge on any atom is 0.323 e. The lowest BCUT2D eigenvalue weighted by atomic mass is 9.92. The molecule has 37 heavy (non-hydrogen) atoms. The van der Waals surface area contributed by atoms with Gasteiger partial charge in [-0.2, -0.15) is 0 Å². The molecule has 1 fully saturated rings. The highest BCUT2D eigenvalue weighted by molar-refractivity contribution is 6.44. The van der Waals surface area contributed by atoms with Crippen molar-refractivity contribution in [3.05, 3.63) is 45.7 Å². The SMILES string of the molecule is CN(C)CCN1CCN(C(=O)c2[nH]c(C(C)(C)C)cc2NC(=O)Nc2cccc(Cl)c2Cl)C(C)(C)C1=O. The van der Waals surface area contributed by atoms with E-state index in [0.717, 1.165) is 12.2 Å². The van der Waals surface area contributed by atoms with Crippen LogP contribution in [0.1, 0.15) is 50.8 Å². The summed E-state index contributed by atoms with van der Waals surface area (Å²) in [6.45, 7) is 11.6. The molecular formula is C26H36Cl2N6O3. The van der Waals surface area contributed by atoms with Crippen LogP contribution in [-0.2, 0) is 10.2 Å². The molecule has 4 amide bonds. The van der Waals surface area contributed by atoms with Gasteiger partial charge in [0.1, 0.15) is 11.2 Å². The minimum absolute atomic E-state index is 0.112. The Bertz CT molecular complexity index is 1190. The van der Waals surface area contributed by atoms with Crippen LogP contribution < -0.4 is 10.6 Å². The van der Waals surface area contributed by atoms with Gasteiger partial charge in [-0.25, -0.2) is 4.79 Å². The molecule has 0 saturated carbocycles. The van der Waals surface area contributed by atoms with Crippen LogP contribution in [0.15, 0.2) is 24.3 Å². The van der Waals surface area contributed by atoms with Crippen LogP contribution in [0.5, 0.6) is 0 Å². The molecule has 3 N–H and O–H groups in total. The van der Waals surface area contributed by atoms with Gasteiger partial charge in [-0.1, -0.05) is 50.0 Å². The van der Waals surface area contributed by atoms with Crippen molar-refractivity contribution in [1.82, 2.24) is 19.7 Å². The van der Waals surface area contributed by atoms with Gasteiger partial charge in [0.25, 0.3) is 5.91 Å². The Morgan fingerprint density at radius 3 is 2.38 bits per heavy atom. The van der Waals surface area contributed by atoms with Gasteiger partial charge in [0.2, 0.25) is 5.91 Å². The molecule has 1 aliphatic rings. The monoisotopic (exact) mass is 550 g/mol. The smallest absolute Gasteiger partial charge is 0.323 e. The molecule has 202 valence electrons. The van der Waals surface area contributed by atoms with Gasteiger partial charge in [0, 0.05) is 37.3 Å². The largest absolute Gasteiger partial charge is 0.352 e. The predicted molar refractivity (Wildman–Crippen MR) is 149 cm³/mol. The summed E-state index contributed by atoms with van der Waals surface area (Å²) < 4.78 is 0. The third-order valence-corrected chi connectivity index (χ3v) is 7.25. The number of piperazine rings is 1. The lowest BCUT2D eigenvalue weighted by Gasteiger charge is -2.46. The fourth-order valence-electron chi connectivity index (χ4n) is 4.13. The van der Waals surface area contributed by atoms with Crippen LogP contribution in [-0.4, -0.2) is 83.3 Å². The molecule has 3 rings (SSSR count). The minimum atomic E-state index is -1.05. The average Bonchev–Trinajstić information content (AvgIpc) is 3.21. The van der Waals surface area contributed by atoms with Crippen LogP contribution in [0.3, 0.4) is 0 Å². The molecule has 0 aliphatic carbocycles. The highest BCUT2D eigenvalue weighted by Crippen LogP contribution is 2.32. The summed E-state index contributed by atoms with van der Waals surface area (Å²) in [5.74, 6) is -0.475. The molecule has 1 aromatic carbocycles. The van der Waals surface area contributed by atoms with E-state index in [1.54, 1.807) is 47.9 Å². The summed E-state index contributed by atoms with van der Waals surface area (Å²) in [6, 6.07) is 6.08. The van der Waals surface area contributed by atoms with Crippen LogP contribution in [0.25, 0.3) is 0 Å². The number of amides is 4. The maximum absolute atomic E-state index is 13.8. The summed E-state index contributed by atoms with van der Waals surface area (Å²) in [5, 5.41) is 5.97. The van der Waals surface area contributed by atoms with Crippen LogP contribution in [0, 0.1) is 0 Å². The lowest BCUT2D eigenvalue weighted by Crippen LogP contribution is -2.65. The fourth-order valence-corrected chi connectivity index (χ4v) is 4.48. The summed E-state index contributed by atoms with van der Waals surface area (Å²) >= 11 is 12.3. The quantitative estimate of drug-likeness (QED) is 0.476. The van der Waals surface area contributed by atoms with Crippen molar-refractivity contribution in [2.45, 2.75) is 45.6 Å². The Kier molecular flexibility index (Phi) is 8.51. The van der Waals surface area contributed by atoms with E-state index in [4.69, 9.17) is 23.2 Å². The van der Waals surface area contributed by atoms with Crippen LogP contribution in [0.4, 0.5) is 16.2 Å². The van der Waals surface area contributed by atoms with E-state index in [1.807, 2.05) is 39.8 Å². The maximum atomic E-state index is 13.8. The second kappa shape index (κ2) is 10.9. The van der Waals surface area contributed by atoms with Crippen molar-refractivity contribution in [2.24, 2.45) is 0 Å². The number of urea groups is 1. The number of likely N-dealkylation sites (N-methyl/N-ethyl adjacent to an activating group) is 1. The summed E-state index contributed by atoms with van der Waals surface area (Å²) in [7, 11) is 3.91. The van der Waals surface area contributed by atoms with E-state index in [2.05, 4.69) is 15.6 Å². The number of carbonyl (C=O) groups is 3. The van der Waals surface area contributed by atoms with E-state index >= 15 is 0 Å². The molecule has 0 radical (unpaired) electrons. The van der Waals surface area contributed by atoms with Gasteiger partial charge in [0.05, 0.1) is 21.4 Å². The molecule has 1 aromatic heterocycles. The number of hydrogen-bond acceptors (Lipinski definition) is 4. The molecular weight excluding hydrogens is 515 g/mol. The first-order valence-electron chi connectivity index (χ1n) is 12.1. The van der Waals surface area contributed by atoms with Crippen LogP contribution >= 0.6 is 23.2 Å². The zero-order valence-electron chi connectivity index (χ0n) is 22.5. The number of halogens is 2. The van der Waals surface area contributed by atoms with Gasteiger partial charge < -0.3 is 30.3 Å². The molecule has 2 heterocycles. The average molecular weight is 552 g/mol. The first-order chi connectivity index (χ1) is 17.1. The van der Waals surface area contributed by atoms with E-state index in [1.165, 1.54) is 0 Å². The Labute approximate surface area is 228 Å². The fraction of sp³-hybridized carbons (Fsp3) is 0.500. The summed E-state index contributed by atoms with van der Waals surface area (Å²) in [4.78, 5) is 48.6. The number of benzene rings is 1. The van der Waals surface area contributed by atoms with Crippen LogP contribution in [0.2, 0.25) is 10.0 Å². The predicted octanol–water partition coefficient (Wildman–Crippen LogP) is 4.89.